The lowest BCUT2D eigenvalue weighted by molar-refractivity contribution is -0.166. The van der Waals surface area contributed by atoms with Crippen LogP contribution in [-0.4, -0.2) is 37.0 Å². The van der Waals surface area contributed by atoms with Crippen LogP contribution >= 0.6 is 0 Å². The Balaban J connectivity index is 1.68. The minimum atomic E-state index is -2.73. The van der Waals surface area contributed by atoms with Crippen molar-refractivity contribution in [2.45, 2.75) is 37.3 Å². The quantitative estimate of drug-likeness (QED) is 0.871. The fourth-order valence-electron chi connectivity index (χ4n) is 3.72. The van der Waals surface area contributed by atoms with Gasteiger partial charge in [-0.3, -0.25) is 4.79 Å². The van der Waals surface area contributed by atoms with Crippen LogP contribution in [0.2, 0.25) is 0 Å². The van der Waals surface area contributed by atoms with Crippen LogP contribution in [-0.2, 0) is 20.0 Å². The Morgan fingerprint density at radius 2 is 2.00 bits per heavy atom. The fourth-order valence-corrected chi connectivity index (χ4v) is 3.72. The van der Waals surface area contributed by atoms with E-state index < -0.39 is 11.5 Å². The van der Waals surface area contributed by atoms with Gasteiger partial charge in [-0.25, -0.2) is 8.78 Å². The highest BCUT2D eigenvalue weighted by molar-refractivity contribution is 5.99. The Morgan fingerprint density at radius 3 is 2.61 bits per heavy atom. The zero-order valence-electron chi connectivity index (χ0n) is 12.7. The monoisotopic (exact) mass is 318 g/mol. The summed E-state index contributed by atoms with van der Waals surface area (Å²) in [6, 6.07) is 7.29. The van der Waals surface area contributed by atoms with E-state index in [9.17, 15) is 13.6 Å². The SMILES string of the molecule is Cn1cnnc1CC1(N2Cc3ccccc3C2=O)CC(F)(F)C1. The molecule has 1 aromatic carbocycles. The van der Waals surface area contributed by atoms with Gasteiger partial charge in [-0.15, -0.1) is 10.2 Å². The van der Waals surface area contributed by atoms with Crippen LogP contribution in [0.15, 0.2) is 30.6 Å². The molecule has 1 saturated carbocycles. The third-order valence-corrected chi connectivity index (χ3v) is 4.86. The Kier molecular flexibility index (Phi) is 2.86. The molecule has 4 rings (SSSR count). The molecular formula is C16H16F2N4O. The highest BCUT2D eigenvalue weighted by Gasteiger charge is 2.61. The Bertz CT molecular complexity index is 778. The van der Waals surface area contributed by atoms with Gasteiger partial charge in [-0.1, -0.05) is 18.2 Å². The van der Waals surface area contributed by atoms with Gasteiger partial charge < -0.3 is 9.47 Å². The zero-order chi connectivity index (χ0) is 16.2. The standard InChI is InChI=1S/C16H16F2N4O/c1-21-10-19-20-13(21)6-15(8-16(17,18)9-15)22-7-11-4-2-3-5-12(11)14(22)23/h2-5,10H,6-9H2,1H3. The topological polar surface area (TPSA) is 51.0 Å². The number of rotatable bonds is 3. The van der Waals surface area contributed by atoms with Gasteiger partial charge in [-0.05, 0) is 11.6 Å². The van der Waals surface area contributed by atoms with Crippen LogP contribution in [0.5, 0.6) is 0 Å². The van der Waals surface area contributed by atoms with E-state index in [2.05, 4.69) is 10.2 Å². The number of aryl methyl sites for hydroxylation is 1. The number of hydrogen-bond donors (Lipinski definition) is 0. The average Bonchev–Trinajstić information content (AvgIpc) is 3.02. The predicted octanol–water partition coefficient (Wildman–Crippen LogP) is 2.18. The molecule has 1 aliphatic heterocycles. The van der Waals surface area contributed by atoms with Crippen LogP contribution in [0.1, 0.15) is 34.6 Å². The lowest BCUT2D eigenvalue weighted by Gasteiger charge is -2.52. The highest BCUT2D eigenvalue weighted by atomic mass is 19.3. The largest absolute Gasteiger partial charge is 0.328 e. The molecule has 0 bridgehead atoms. The van der Waals surface area contributed by atoms with Crippen LogP contribution in [0.3, 0.4) is 0 Å². The van der Waals surface area contributed by atoms with Gasteiger partial charge in [0.1, 0.15) is 12.2 Å². The van der Waals surface area contributed by atoms with Gasteiger partial charge in [-0.2, -0.15) is 0 Å². The normalized spacial score (nSPS) is 21.2. The first-order valence-electron chi connectivity index (χ1n) is 7.51. The molecule has 1 aliphatic carbocycles. The van der Waals surface area contributed by atoms with Crippen LogP contribution in [0.25, 0.3) is 0 Å². The minimum absolute atomic E-state index is 0.168. The average molecular weight is 318 g/mol. The van der Waals surface area contributed by atoms with E-state index in [4.69, 9.17) is 0 Å². The number of amides is 1. The van der Waals surface area contributed by atoms with Gasteiger partial charge in [0.25, 0.3) is 11.8 Å². The number of hydrogen-bond acceptors (Lipinski definition) is 3. The summed E-state index contributed by atoms with van der Waals surface area (Å²) >= 11 is 0. The van der Waals surface area contributed by atoms with Crippen molar-refractivity contribution in [1.82, 2.24) is 19.7 Å². The molecule has 7 heteroatoms. The second-order valence-corrected chi connectivity index (χ2v) is 6.52. The first kappa shape index (κ1) is 14.3. The zero-order valence-corrected chi connectivity index (χ0v) is 12.7. The molecule has 1 aromatic heterocycles. The van der Waals surface area contributed by atoms with Gasteiger partial charge in [0, 0.05) is 38.4 Å². The van der Waals surface area contributed by atoms with E-state index >= 15 is 0 Å². The van der Waals surface area contributed by atoms with Crippen molar-refractivity contribution in [1.29, 1.82) is 0 Å². The third-order valence-electron chi connectivity index (χ3n) is 4.86. The number of nitrogens with zero attached hydrogens (tertiary/aromatic N) is 4. The molecule has 0 radical (unpaired) electrons. The molecule has 0 unspecified atom stereocenters. The van der Waals surface area contributed by atoms with Crippen molar-refractivity contribution in [3.8, 4) is 0 Å². The Hall–Kier alpha value is -2.31. The summed E-state index contributed by atoms with van der Waals surface area (Å²) in [5.74, 6) is -2.28. The van der Waals surface area contributed by atoms with Crippen LogP contribution in [0, 0.1) is 0 Å². The molecular weight excluding hydrogens is 302 g/mol. The predicted molar refractivity (Wildman–Crippen MR) is 77.9 cm³/mol. The second kappa shape index (κ2) is 4.59. The van der Waals surface area contributed by atoms with Crippen LogP contribution < -0.4 is 0 Å². The molecule has 0 N–H and O–H groups in total. The molecule has 2 aromatic rings. The first-order chi connectivity index (χ1) is 10.9. The summed E-state index contributed by atoms with van der Waals surface area (Å²) in [5.41, 5.74) is 0.616. The van der Waals surface area contributed by atoms with Crippen molar-refractivity contribution >= 4 is 5.91 Å². The van der Waals surface area contributed by atoms with Crippen molar-refractivity contribution < 1.29 is 13.6 Å². The van der Waals surface area contributed by atoms with E-state index in [-0.39, 0.29) is 18.7 Å². The maximum atomic E-state index is 13.7. The Labute approximate surface area is 131 Å². The smallest absolute Gasteiger partial charge is 0.254 e. The number of benzene rings is 1. The summed E-state index contributed by atoms with van der Waals surface area (Å²) < 4.78 is 29.1. The molecule has 2 heterocycles. The first-order valence-corrected chi connectivity index (χ1v) is 7.51. The van der Waals surface area contributed by atoms with Crippen molar-refractivity contribution in [2.75, 3.05) is 0 Å². The number of carbonyl (C=O) groups excluding carboxylic acids is 1. The number of fused-ring (bicyclic) bond motifs is 1. The molecule has 2 aliphatic rings. The summed E-state index contributed by atoms with van der Waals surface area (Å²) in [6.07, 6.45) is 1.18. The maximum absolute atomic E-state index is 13.7. The lowest BCUT2D eigenvalue weighted by atomic mass is 9.69. The third kappa shape index (κ3) is 2.14. The molecule has 1 amide bonds. The van der Waals surface area contributed by atoms with Crippen molar-refractivity contribution in [3.05, 3.63) is 47.5 Å². The van der Waals surface area contributed by atoms with E-state index in [1.165, 1.54) is 0 Å². The summed E-state index contributed by atoms with van der Waals surface area (Å²) in [7, 11) is 1.78. The second-order valence-electron chi connectivity index (χ2n) is 6.52. The molecule has 1 fully saturated rings. The highest BCUT2D eigenvalue weighted by Crippen LogP contribution is 2.52. The molecule has 120 valence electrons. The number of aromatic nitrogens is 3. The number of halogens is 2. The summed E-state index contributed by atoms with van der Waals surface area (Å²) in [6.45, 7) is 0.378. The van der Waals surface area contributed by atoms with Gasteiger partial charge in [0.15, 0.2) is 0 Å². The minimum Gasteiger partial charge on any atom is -0.328 e. The molecule has 23 heavy (non-hydrogen) atoms. The fraction of sp³-hybridized carbons (Fsp3) is 0.438. The molecule has 5 nitrogen and oxygen atoms in total. The van der Waals surface area contributed by atoms with Gasteiger partial charge >= 0.3 is 0 Å². The van der Waals surface area contributed by atoms with E-state index in [0.717, 1.165) is 5.56 Å². The molecule has 0 spiro atoms. The lowest BCUT2D eigenvalue weighted by Crippen LogP contribution is -2.63. The molecule has 0 saturated heterocycles. The number of alkyl halides is 2. The van der Waals surface area contributed by atoms with Gasteiger partial charge in [0.2, 0.25) is 0 Å². The summed E-state index contributed by atoms with van der Waals surface area (Å²) in [4.78, 5) is 14.3. The van der Waals surface area contributed by atoms with Crippen molar-refractivity contribution in [2.24, 2.45) is 7.05 Å². The van der Waals surface area contributed by atoms with E-state index in [1.807, 2.05) is 12.1 Å². The maximum Gasteiger partial charge on any atom is 0.254 e. The van der Waals surface area contributed by atoms with Crippen molar-refractivity contribution in [3.63, 3.8) is 0 Å². The van der Waals surface area contributed by atoms with Gasteiger partial charge in [0.05, 0.1) is 5.54 Å². The Morgan fingerprint density at radius 1 is 1.26 bits per heavy atom. The summed E-state index contributed by atoms with van der Waals surface area (Å²) in [5, 5.41) is 7.81. The van der Waals surface area contributed by atoms with E-state index in [0.29, 0.717) is 24.4 Å². The van der Waals surface area contributed by atoms with Crippen LogP contribution in [0.4, 0.5) is 8.78 Å². The number of carbonyl (C=O) groups is 1. The van der Waals surface area contributed by atoms with E-state index in [1.54, 1.807) is 35.0 Å². The molecule has 0 atom stereocenters.